The fraction of sp³-hybridized carbons (Fsp3) is 0.733. The van der Waals surface area contributed by atoms with E-state index in [4.69, 9.17) is 0 Å². The Morgan fingerprint density at radius 1 is 1.44 bits per heavy atom. The van der Waals surface area contributed by atoms with Crippen LogP contribution in [0.1, 0.15) is 44.6 Å². The van der Waals surface area contributed by atoms with Crippen LogP contribution in [0.5, 0.6) is 0 Å². The van der Waals surface area contributed by atoms with Gasteiger partial charge in [-0.05, 0) is 41.7 Å². The highest BCUT2D eigenvalue weighted by molar-refractivity contribution is 7.07. The summed E-state index contributed by atoms with van der Waals surface area (Å²) in [5, 5.41) is 8.29. The van der Waals surface area contributed by atoms with E-state index in [1.165, 1.54) is 50.8 Å². The van der Waals surface area contributed by atoms with Crippen molar-refractivity contribution >= 4 is 11.3 Å². The number of thiophene rings is 1. The van der Waals surface area contributed by atoms with E-state index >= 15 is 0 Å². The highest BCUT2D eigenvalue weighted by Crippen LogP contribution is 2.38. The monoisotopic (exact) mass is 264 g/mol. The van der Waals surface area contributed by atoms with Gasteiger partial charge in [0.2, 0.25) is 0 Å². The number of rotatable bonds is 3. The molecule has 1 atom stereocenters. The summed E-state index contributed by atoms with van der Waals surface area (Å²) in [4.78, 5) is 2.78. The van der Waals surface area contributed by atoms with E-state index < -0.39 is 0 Å². The molecule has 0 amide bonds. The van der Waals surface area contributed by atoms with E-state index in [0.717, 1.165) is 6.54 Å². The van der Waals surface area contributed by atoms with Gasteiger partial charge in [0.1, 0.15) is 0 Å². The van der Waals surface area contributed by atoms with Crippen molar-refractivity contribution in [3.63, 3.8) is 0 Å². The molecule has 2 fully saturated rings. The first-order valence-corrected chi connectivity index (χ1v) is 8.26. The molecule has 0 bridgehead atoms. The summed E-state index contributed by atoms with van der Waals surface area (Å²) in [7, 11) is 0. The normalized spacial score (nSPS) is 27.9. The minimum atomic E-state index is 0.466. The highest BCUT2D eigenvalue weighted by atomic mass is 32.1. The van der Waals surface area contributed by atoms with Gasteiger partial charge < -0.3 is 5.32 Å². The Hall–Kier alpha value is -0.380. The summed E-state index contributed by atoms with van der Waals surface area (Å²) in [5.41, 5.74) is 1.97. The second-order valence-corrected chi connectivity index (χ2v) is 6.71. The Morgan fingerprint density at radius 3 is 2.94 bits per heavy atom. The molecular formula is C15H24N2S. The third kappa shape index (κ3) is 2.36. The van der Waals surface area contributed by atoms with Crippen LogP contribution in [0, 0.1) is 0 Å². The van der Waals surface area contributed by atoms with Crippen LogP contribution in [-0.2, 0) is 6.54 Å². The second kappa shape index (κ2) is 5.32. The molecule has 3 rings (SSSR count). The molecule has 3 heteroatoms. The lowest BCUT2D eigenvalue weighted by Crippen LogP contribution is -2.62. The molecule has 1 saturated carbocycles. The quantitative estimate of drug-likeness (QED) is 0.901. The average Bonchev–Trinajstić information content (AvgIpc) is 3.04. The van der Waals surface area contributed by atoms with Crippen molar-refractivity contribution in [3.05, 3.63) is 22.4 Å². The molecule has 2 nitrogen and oxygen atoms in total. The topological polar surface area (TPSA) is 15.3 Å². The van der Waals surface area contributed by atoms with Crippen molar-refractivity contribution < 1.29 is 0 Å². The molecule has 1 unspecified atom stereocenters. The molecular weight excluding hydrogens is 240 g/mol. The molecule has 1 N–H and O–H groups in total. The van der Waals surface area contributed by atoms with E-state index in [1.807, 2.05) is 11.3 Å². The second-order valence-electron chi connectivity index (χ2n) is 5.93. The molecule has 1 aliphatic heterocycles. The lowest BCUT2D eigenvalue weighted by Gasteiger charge is -2.48. The molecule has 1 spiro atoms. The molecule has 0 aromatic carbocycles. The molecule has 18 heavy (non-hydrogen) atoms. The summed E-state index contributed by atoms with van der Waals surface area (Å²) >= 11 is 1.82. The fourth-order valence-corrected chi connectivity index (χ4v) is 4.26. The molecule has 1 aromatic heterocycles. The number of hydrogen-bond donors (Lipinski definition) is 1. The summed E-state index contributed by atoms with van der Waals surface area (Å²) in [6.45, 7) is 5.89. The lowest BCUT2D eigenvalue weighted by molar-refractivity contribution is 0.0350. The Bertz CT molecular complexity index is 368. The van der Waals surface area contributed by atoms with Gasteiger partial charge in [-0.15, -0.1) is 0 Å². The zero-order chi connectivity index (χ0) is 12.4. The highest BCUT2D eigenvalue weighted by Gasteiger charge is 2.42. The van der Waals surface area contributed by atoms with Gasteiger partial charge in [0.25, 0.3) is 0 Å². The van der Waals surface area contributed by atoms with Crippen molar-refractivity contribution in [2.75, 3.05) is 13.1 Å². The molecule has 2 heterocycles. The van der Waals surface area contributed by atoms with Gasteiger partial charge in [0.15, 0.2) is 0 Å². The van der Waals surface area contributed by atoms with E-state index in [1.54, 1.807) is 0 Å². The van der Waals surface area contributed by atoms with Crippen LogP contribution in [0.15, 0.2) is 16.8 Å². The summed E-state index contributed by atoms with van der Waals surface area (Å²) in [6, 6.07) is 2.98. The lowest BCUT2D eigenvalue weighted by atomic mass is 9.90. The number of nitrogens with one attached hydrogen (secondary N) is 1. The maximum Gasteiger partial charge on any atom is 0.0338 e. The van der Waals surface area contributed by atoms with Crippen molar-refractivity contribution in [2.24, 2.45) is 0 Å². The Balaban J connectivity index is 1.76. The van der Waals surface area contributed by atoms with Crippen LogP contribution in [0.2, 0.25) is 0 Å². The van der Waals surface area contributed by atoms with Gasteiger partial charge in [0, 0.05) is 31.2 Å². The van der Waals surface area contributed by atoms with E-state index in [-0.39, 0.29) is 0 Å². The van der Waals surface area contributed by atoms with Gasteiger partial charge in [-0.3, -0.25) is 4.90 Å². The Labute approximate surface area is 114 Å². The zero-order valence-corrected chi connectivity index (χ0v) is 12.1. The molecule has 2 aliphatic rings. The van der Waals surface area contributed by atoms with Gasteiger partial charge in [-0.2, -0.15) is 11.3 Å². The maximum atomic E-state index is 3.77. The average molecular weight is 264 g/mol. The summed E-state index contributed by atoms with van der Waals surface area (Å²) in [5.74, 6) is 0. The van der Waals surface area contributed by atoms with Crippen LogP contribution in [0.25, 0.3) is 0 Å². The van der Waals surface area contributed by atoms with E-state index in [9.17, 15) is 0 Å². The fourth-order valence-electron chi connectivity index (χ4n) is 3.61. The minimum Gasteiger partial charge on any atom is -0.311 e. The largest absolute Gasteiger partial charge is 0.311 e. The molecule has 0 radical (unpaired) electrons. The van der Waals surface area contributed by atoms with Gasteiger partial charge in [0.05, 0.1) is 0 Å². The van der Waals surface area contributed by atoms with Crippen LogP contribution in [-0.4, -0.2) is 29.6 Å². The number of piperazine rings is 1. The van der Waals surface area contributed by atoms with Crippen LogP contribution in [0.3, 0.4) is 0 Å². The smallest absolute Gasteiger partial charge is 0.0338 e. The van der Waals surface area contributed by atoms with Crippen LogP contribution < -0.4 is 5.32 Å². The van der Waals surface area contributed by atoms with E-state index in [2.05, 4.69) is 34.0 Å². The van der Waals surface area contributed by atoms with E-state index in [0.29, 0.717) is 11.6 Å². The summed E-state index contributed by atoms with van der Waals surface area (Å²) < 4.78 is 0. The summed E-state index contributed by atoms with van der Waals surface area (Å²) in [6.07, 6.45) is 6.86. The zero-order valence-electron chi connectivity index (χ0n) is 11.3. The number of nitrogens with zero attached hydrogens (tertiary/aromatic N) is 1. The van der Waals surface area contributed by atoms with Gasteiger partial charge in [-0.1, -0.05) is 19.8 Å². The Kier molecular flexibility index (Phi) is 3.73. The van der Waals surface area contributed by atoms with Crippen LogP contribution >= 0.6 is 11.3 Å². The van der Waals surface area contributed by atoms with Crippen molar-refractivity contribution in [2.45, 2.75) is 57.2 Å². The first kappa shape index (κ1) is 12.6. The first-order valence-electron chi connectivity index (χ1n) is 7.32. The van der Waals surface area contributed by atoms with Gasteiger partial charge in [-0.25, -0.2) is 0 Å². The first-order chi connectivity index (χ1) is 8.82. The molecule has 1 aromatic rings. The predicted molar refractivity (Wildman–Crippen MR) is 78.0 cm³/mol. The Morgan fingerprint density at radius 2 is 2.28 bits per heavy atom. The van der Waals surface area contributed by atoms with Crippen molar-refractivity contribution in [3.8, 4) is 0 Å². The maximum absolute atomic E-state index is 3.77. The molecule has 1 saturated heterocycles. The number of hydrogen-bond acceptors (Lipinski definition) is 3. The molecule has 100 valence electrons. The molecule has 1 aliphatic carbocycles. The minimum absolute atomic E-state index is 0.466. The van der Waals surface area contributed by atoms with Crippen molar-refractivity contribution in [1.82, 2.24) is 10.2 Å². The standard InChI is InChI=1S/C15H24N2S/c1-2-14-10-17(9-13-5-8-18-11-13)15(12-16-14)6-3-4-7-15/h5,8,11,14,16H,2-4,6-7,9-10,12H2,1H3. The third-order valence-corrected chi connectivity index (χ3v) is 5.54. The van der Waals surface area contributed by atoms with Crippen molar-refractivity contribution in [1.29, 1.82) is 0 Å². The SMILES string of the molecule is CCC1CN(Cc2ccsc2)C2(CCCC2)CN1. The van der Waals surface area contributed by atoms with Crippen LogP contribution in [0.4, 0.5) is 0 Å². The van der Waals surface area contributed by atoms with Gasteiger partial charge >= 0.3 is 0 Å². The predicted octanol–water partition coefficient (Wildman–Crippen LogP) is 3.24. The third-order valence-electron chi connectivity index (χ3n) is 4.81.